The zero-order chi connectivity index (χ0) is 24.5. The first-order valence-corrected chi connectivity index (χ1v) is 14.3. The summed E-state index contributed by atoms with van der Waals surface area (Å²) in [6, 6.07) is 10.7. The second kappa shape index (κ2) is 10.5. The van der Waals surface area contributed by atoms with E-state index in [1.54, 1.807) is 11.3 Å². The number of carbonyl (C=O) groups is 1. The molecule has 3 saturated heterocycles. The molecule has 0 spiro atoms. The topological polar surface area (TPSA) is 63.2 Å². The molecule has 1 aromatic heterocycles. The lowest BCUT2D eigenvalue weighted by Gasteiger charge is -2.34. The van der Waals surface area contributed by atoms with E-state index in [2.05, 4.69) is 49.4 Å². The molecule has 6 rings (SSSR count). The summed E-state index contributed by atoms with van der Waals surface area (Å²) >= 11 is 1.76. The van der Waals surface area contributed by atoms with E-state index in [9.17, 15) is 4.79 Å². The number of rotatable bonds is 7. The molecule has 4 aliphatic rings. The van der Waals surface area contributed by atoms with Crippen molar-refractivity contribution in [3.8, 4) is 0 Å². The van der Waals surface area contributed by atoms with Crippen LogP contribution in [0.1, 0.15) is 63.2 Å². The van der Waals surface area contributed by atoms with Gasteiger partial charge >= 0.3 is 5.97 Å². The van der Waals surface area contributed by atoms with Crippen LogP contribution in [0.15, 0.2) is 42.5 Å². The van der Waals surface area contributed by atoms with Crippen molar-refractivity contribution < 1.29 is 28.5 Å². The van der Waals surface area contributed by atoms with Gasteiger partial charge in [-0.2, -0.15) is 0 Å². The van der Waals surface area contributed by atoms with Gasteiger partial charge in [0.15, 0.2) is 12.6 Å². The summed E-state index contributed by atoms with van der Waals surface area (Å²) in [7, 11) is 0. The number of benzene rings is 1. The number of fused-ring (bicyclic) bond motifs is 2. The molecule has 1 aliphatic carbocycles. The van der Waals surface area contributed by atoms with Crippen molar-refractivity contribution in [1.82, 2.24) is 0 Å². The van der Waals surface area contributed by atoms with Gasteiger partial charge in [-0.25, -0.2) is 0 Å². The molecule has 2 aromatic rings. The van der Waals surface area contributed by atoms with E-state index in [-0.39, 0.29) is 42.6 Å². The second-order valence-corrected chi connectivity index (χ2v) is 11.8. The molecule has 0 amide bonds. The molecule has 0 bridgehead atoms. The first-order chi connectivity index (χ1) is 17.6. The standard InChI is InChI=1S/C29H36O6S/c1-29(35-28-11-5-7-15-32-28,25-16-19-8-2-3-9-24(19)36-25)13-12-20-21-17-26(30)33-23(21)18-22(20)34-27-10-4-6-14-31-27/h2-3,8-9,12-13,16,20-23,27-28H,4-7,10-11,14-15,17-18H2,1H3/t20-,21-,22-,23+,27?,28?,29?/m1/s1. The van der Waals surface area contributed by atoms with Gasteiger partial charge in [0.25, 0.3) is 0 Å². The van der Waals surface area contributed by atoms with Gasteiger partial charge in [0.2, 0.25) is 0 Å². The first kappa shape index (κ1) is 24.6. The van der Waals surface area contributed by atoms with Crippen molar-refractivity contribution in [3.05, 3.63) is 47.4 Å². The van der Waals surface area contributed by atoms with Crippen LogP contribution in [0.25, 0.3) is 10.1 Å². The molecule has 7 heteroatoms. The van der Waals surface area contributed by atoms with Crippen LogP contribution in [0.3, 0.4) is 0 Å². The molecule has 1 aromatic carbocycles. The molecule has 36 heavy (non-hydrogen) atoms. The Kier molecular flexibility index (Phi) is 7.19. The number of ether oxygens (including phenoxy) is 5. The summed E-state index contributed by atoms with van der Waals surface area (Å²) in [6.07, 6.45) is 11.3. The Morgan fingerprint density at radius 3 is 2.58 bits per heavy atom. The summed E-state index contributed by atoms with van der Waals surface area (Å²) in [6.45, 7) is 3.62. The van der Waals surface area contributed by atoms with Gasteiger partial charge in [0, 0.05) is 41.0 Å². The van der Waals surface area contributed by atoms with Crippen molar-refractivity contribution in [2.75, 3.05) is 13.2 Å². The molecule has 3 aliphatic heterocycles. The number of esters is 1. The van der Waals surface area contributed by atoms with E-state index >= 15 is 0 Å². The van der Waals surface area contributed by atoms with E-state index in [4.69, 9.17) is 23.7 Å². The minimum absolute atomic E-state index is 0.0370. The van der Waals surface area contributed by atoms with Crippen molar-refractivity contribution in [1.29, 1.82) is 0 Å². The maximum Gasteiger partial charge on any atom is 0.306 e. The van der Waals surface area contributed by atoms with Crippen LogP contribution in [-0.4, -0.2) is 44.0 Å². The van der Waals surface area contributed by atoms with Crippen LogP contribution in [0.5, 0.6) is 0 Å². The molecule has 0 radical (unpaired) electrons. The van der Waals surface area contributed by atoms with Gasteiger partial charge in [0.05, 0.1) is 12.5 Å². The highest BCUT2D eigenvalue weighted by molar-refractivity contribution is 7.19. The lowest BCUT2D eigenvalue weighted by molar-refractivity contribution is -0.209. The SMILES string of the molecule is CC(C=C[C@@H]1[C@H]2CC(=O)O[C@H]2C[C@H]1OC1CCCCO1)(OC1CCCCO1)c1cc2ccccc2s1. The highest BCUT2D eigenvalue weighted by Gasteiger charge is 2.50. The Labute approximate surface area is 216 Å². The smallest absolute Gasteiger partial charge is 0.306 e. The molecule has 194 valence electrons. The van der Waals surface area contributed by atoms with E-state index in [1.807, 2.05) is 0 Å². The maximum atomic E-state index is 12.1. The summed E-state index contributed by atoms with van der Waals surface area (Å²) in [5.41, 5.74) is -0.654. The third kappa shape index (κ3) is 5.14. The van der Waals surface area contributed by atoms with Crippen LogP contribution in [0.2, 0.25) is 0 Å². The maximum absolute atomic E-state index is 12.1. The Morgan fingerprint density at radius 2 is 1.83 bits per heavy atom. The Bertz CT molecular complexity index is 1050. The van der Waals surface area contributed by atoms with E-state index < -0.39 is 5.60 Å². The van der Waals surface area contributed by atoms with E-state index in [1.165, 1.54) is 10.1 Å². The highest BCUT2D eigenvalue weighted by Crippen LogP contribution is 2.46. The number of thiophene rings is 1. The molecule has 7 atom stereocenters. The summed E-state index contributed by atoms with van der Waals surface area (Å²) < 4.78 is 32.0. The summed E-state index contributed by atoms with van der Waals surface area (Å²) in [5.74, 6) is 0.0892. The molecule has 6 nitrogen and oxygen atoms in total. The minimum atomic E-state index is -0.654. The average molecular weight is 513 g/mol. The summed E-state index contributed by atoms with van der Waals surface area (Å²) in [4.78, 5) is 13.3. The van der Waals surface area contributed by atoms with Gasteiger partial charge in [-0.05, 0) is 63.0 Å². The van der Waals surface area contributed by atoms with E-state index in [0.717, 1.165) is 63.0 Å². The Balaban J connectivity index is 1.29. The number of carbonyl (C=O) groups excluding carboxylic acids is 1. The van der Waals surface area contributed by atoms with Crippen molar-refractivity contribution in [2.24, 2.45) is 11.8 Å². The van der Waals surface area contributed by atoms with Gasteiger partial charge in [0.1, 0.15) is 11.7 Å². The minimum Gasteiger partial charge on any atom is -0.462 e. The van der Waals surface area contributed by atoms with Crippen LogP contribution < -0.4 is 0 Å². The predicted octanol–water partition coefficient (Wildman–Crippen LogP) is 6.08. The normalized spacial score (nSPS) is 34.6. The van der Waals surface area contributed by atoms with Gasteiger partial charge < -0.3 is 23.7 Å². The van der Waals surface area contributed by atoms with Gasteiger partial charge in [-0.1, -0.05) is 30.4 Å². The average Bonchev–Trinajstić information content (AvgIpc) is 3.57. The van der Waals surface area contributed by atoms with Gasteiger partial charge in [-0.15, -0.1) is 11.3 Å². The monoisotopic (exact) mass is 512 g/mol. The van der Waals surface area contributed by atoms with Crippen LogP contribution in [0.4, 0.5) is 0 Å². The third-order valence-electron chi connectivity index (χ3n) is 8.08. The summed E-state index contributed by atoms with van der Waals surface area (Å²) in [5, 5.41) is 1.22. The van der Waals surface area contributed by atoms with Crippen molar-refractivity contribution in [3.63, 3.8) is 0 Å². The third-order valence-corrected chi connectivity index (χ3v) is 9.42. The Hall–Kier alpha value is -1.77. The molecule has 4 fully saturated rings. The molecular weight excluding hydrogens is 476 g/mol. The molecule has 0 N–H and O–H groups in total. The fraction of sp³-hybridized carbons (Fsp3) is 0.621. The van der Waals surface area contributed by atoms with E-state index in [0.29, 0.717) is 6.42 Å². The lowest BCUT2D eigenvalue weighted by atomic mass is 9.89. The molecule has 1 saturated carbocycles. The molecule has 4 heterocycles. The van der Waals surface area contributed by atoms with Crippen molar-refractivity contribution >= 4 is 27.4 Å². The molecule has 3 unspecified atom stereocenters. The van der Waals surface area contributed by atoms with Crippen LogP contribution in [-0.2, 0) is 34.1 Å². The van der Waals surface area contributed by atoms with Crippen molar-refractivity contribution in [2.45, 2.75) is 88.7 Å². The lowest BCUT2D eigenvalue weighted by Crippen LogP contribution is -2.34. The Morgan fingerprint density at radius 1 is 1.06 bits per heavy atom. The zero-order valence-electron chi connectivity index (χ0n) is 20.9. The van der Waals surface area contributed by atoms with Crippen LogP contribution >= 0.6 is 11.3 Å². The number of hydrogen-bond acceptors (Lipinski definition) is 7. The highest BCUT2D eigenvalue weighted by atomic mass is 32.1. The largest absolute Gasteiger partial charge is 0.462 e. The fourth-order valence-corrected chi connectivity index (χ4v) is 7.23. The second-order valence-electron chi connectivity index (χ2n) is 10.7. The number of hydrogen-bond donors (Lipinski definition) is 0. The molecular formula is C29H36O6S. The van der Waals surface area contributed by atoms with Crippen LogP contribution in [0, 0.1) is 11.8 Å². The van der Waals surface area contributed by atoms with Gasteiger partial charge in [-0.3, -0.25) is 4.79 Å². The zero-order valence-corrected chi connectivity index (χ0v) is 21.8. The first-order valence-electron chi connectivity index (χ1n) is 13.5. The quantitative estimate of drug-likeness (QED) is 0.331. The predicted molar refractivity (Wildman–Crippen MR) is 138 cm³/mol. The fourth-order valence-electron chi connectivity index (χ4n) is 6.10.